The number of nitrogens with zero attached hydrogens (tertiary/aromatic N) is 1. The number of methoxy groups -OCH3 is 3. The molecule has 1 saturated carbocycles. The minimum absolute atomic E-state index is 0.0427. The van der Waals surface area contributed by atoms with Crippen LogP contribution in [0.5, 0.6) is 5.75 Å². The van der Waals surface area contributed by atoms with Gasteiger partial charge in [0.25, 0.3) is 5.91 Å². The maximum atomic E-state index is 13.9. The fourth-order valence-corrected chi connectivity index (χ4v) is 4.08. The van der Waals surface area contributed by atoms with Crippen LogP contribution in [0.15, 0.2) is 18.2 Å². The third-order valence-electron chi connectivity index (χ3n) is 5.53. The molecule has 0 radical (unpaired) electrons. The molecular weight excluding hydrogens is 313 g/mol. The number of amides is 1. The lowest BCUT2D eigenvalue weighted by Crippen LogP contribution is -2.53. The summed E-state index contributed by atoms with van der Waals surface area (Å²) in [5.41, 5.74) is 0.0233. The van der Waals surface area contributed by atoms with Crippen molar-refractivity contribution in [3.8, 4) is 5.75 Å². The van der Waals surface area contributed by atoms with Gasteiger partial charge in [-0.05, 0) is 43.9 Å². The van der Waals surface area contributed by atoms with Crippen molar-refractivity contribution in [2.24, 2.45) is 0 Å². The average molecular weight is 337 g/mol. The first kappa shape index (κ1) is 17.2. The highest BCUT2D eigenvalue weighted by molar-refractivity contribution is 5.95. The summed E-state index contributed by atoms with van der Waals surface area (Å²) in [7, 11) is 4.81. The van der Waals surface area contributed by atoms with Gasteiger partial charge in [-0.1, -0.05) is 0 Å². The summed E-state index contributed by atoms with van der Waals surface area (Å²) in [4.78, 5) is 14.7. The number of carbonyl (C=O) groups is 1. The molecule has 6 heteroatoms. The zero-order valence-corrected chi connectivity index (χ0v) is 14.4. The van der Waals surface area contributed by atoms with Crippen molar-refractivity contribution >= 4 is 5.91 Å². The predicted octanol–water partition coefficient (Wildman–Crippen LogP) is 2.63. The van der Waals surface area contributed by atoms with Crippen molar-refractivity contribution < 1.29 is 23.4 Å². The lowest BCUT2D eigenvalue weighted by Gasteiger charge is -2.43. The Morgan fingerprint density at radius 1 is 1.29 bits per heavy atom. The van der Waals surface area contributed by atoms with Crippen LogP contribution in [-0.4, -0.2) is 56.4 Å². The van der Waals surface area contributed by atoms with E-state index in [1.54, 1.807) is 20.3 Å². The van der Waals surface area contributed by atoms with E-state index in [0.717, 1.165) is 25.7 Å². The second-order valence-corrected chi connectivity index (χ2v) is 6.51. The van der Waals surface area contributed by atoms with Gasteiger partial charge >= 0.3 is 0 Å². The number of benzene rings is 1. The highest BCUT2D eigenvalue weighted by Crippen LogP contribution is 2.43. The molecule has 1 heterocycles. The summed E-state index contributed by atoms with van der Waals surface area (Å²) in [6.07, 6.45) is 3.47. The molecule has 3 rings (SSSR count). The van der Waals surface area contributed by atoms with E-state index in [0.29, 0.717) is 12.1 Å². The smallest absolute Gasteiger partial charge is 0.254 e. The third-order valence-corrected chi connectivity index (χ3v) is 5.53. The van der Waals surface area contributed by atoms with E-state index in [-0.39, 0.29) is 29.4 Å². The van der Waals surface area contributed by atoms with Crippen molar-refractivity contribution in [2.75, 3.05) is 27.9 Å². The zero-order chi connectivity index (χ0) is 17.3. The molecule has 1 aliphatic carbocycles. The number of hydrogen-bond donors (Lipinski definition) is 0. The lowest BCUT2D eigenvalue weighted by atomic mass is 9.79. The summed E-state index contributed by atoms with van der Waals surface area (Å²) in [5.74, 6) is -0.562. The Morgan fingerprint density at radius 2 is 2.08 bits per heavy atom. The van der Waals surface area contributed by atoms with Crippen LogP contribution < -0.4 is 4.74 Å². The van der Waals surface area contributed by atoms with Crippen molar-refractivity contribution in [3.63, 3.8) is 0 Å². The molecule has 0 spiro atoms. The van der Waals surface area contributed by atoms with Crippen molar-refractivity contribution in [1.29, 1.82) is 0 Å². The Balaban J connectivity index is 1.85. The molecule has 132 valence electrons. The van der Waals surface area contributed by atoms with Gasteiger partial charge in [-0.25, -0.2) is 4.39 Å². The molecule has 2 aliphatic rings. The standard InChI is InChI=1S/C18H24FNO4/c1-22-13-6-7-18(24-3)8-9-20(16(18)11-13)17(21)12-4-5-15(23-2)14(19)10-12/h4-5,10,13,16H,6-9,11H2,1-3H3/t13-,16-,18+/m0/s1. The summed E-state index contributed by atoms with van der Waals surface area (Å²) < 4.78 is 30.2. The van der Waals surface area contributed by atoms with Crippen LogP contribution in [-0.2, 0) is 9.47 Å². The highest BCUT2D eigenvalue weighted by atomic mass is 19.1. The zero-order valence-electron chi connectivity index (χ0n) is 14.4. The molecule has 0 unspecified atom stereocenters. The van der Waals surface area contributed by atoms with E-state index in [4.69, 9.17) is 14.2 Å². The topological polar surface area (TPSA) is 48.0 Å². The monoisotopic (exact) mass is 337 g/mol. The molecule has 0 bridgehead atoms. The number of fused-ring (bicyclic) bond motifs is 1. The van der Waals surface area contributed by atoms with Crippen LogP contribution in [0.4, 0.5) is 4.39 Å². The minimum Gasteiger partial charge on any atom is -0.494 e. The first-order chi connectivity index (χ1) is 11.5. The molecule has 5 nitrogen and oxygen atoms in total. The molecule has 0 aromatic heterocycles. The number of hydrogen-bond acceptors (Lipinski definition) is 4. The minimum atomic E-state index is -0.529. The summed E-state index contributed by atoms with van der Waals surface area (Å²) >= 11 is 0. The molecule has 1 amide bonds. The van der Waals surface area contributed by atoms with Gasteiger partial charge in [0.1, 0.15) is 0 Å². The Bertz CT molecular complexity index is 623. The van der Waals surface area contributed by atoms with Gasteiger partial charge in [0.05, 0.1) is 24.9 Å². The van der Waals surface area contributed by atoms with E-state index < -0.39 is 5.82 Å². The van der Waals surface area contributed by atoms with Gasteiger partial charge in [-0.3, -0.25) is 4.79 Å². The second kappa shape index (κ2) is 6.69. The quantitative estimate of drug-likeness (QED) is 0.847. The molecule has 3 atom stereocenters. The molecular formula is C18H24FNO4. The molecule has 24 heavy (non-hydrogen) atoms. The Morgan fingerprint density at radius 3 is 2.71 bits per heavy atom. The predicted molar refractivity (Wildman–Crippen MR) is 86.8 cm³/mol. The average Bonchev–Trinajstić information content (AvgIpc) is 3.00. The molecule has 0 N–H and O–H groups in total. The fraction of sp³-hybridized carbons (Fsp3) is 0.611. The van der Waals surface area contributed by atoms with E-state index >= 15 is 0 Å². The van der Waals surface area contributed by atoms with Crippen molar-refractivity contribution in [1.82, 2.24) is 4.90 Å². The van der Waals surface area contributed by atoms with Gasteiger partial charge in [0.15, 0.2) is 11.6 Å². The highest BCUT2D eigenvalue weighted by Gasteiger charge is 2.52. The second-order valence-electron chi connectivity index (χ2n) is 6.51. The Kier molecular flexibility index (Phi) is 4.78. The van der Waals surface area contributed by atoms with Gasteiger partial charge in [0, 0.05) is 26.3 Å². The normalized spacial score (nSPS) is 29.4. The maximum absolute atomic E-state index is 13.9. The number of carbonyl (C=O) groups excluding carboxylic acids is 1. The Hall–Kier alpha value is -1.66. The number of rotatable bonds is 4. The van der Waals surface area contributed by atoms with E-state index in [9.17, 15) is 9.18 Å². The molecule has 1 aromatic rings. The van der Waals surface area contributed by atoms with Crippen LogP contribution in [0.25, 0.3) is 0 Å². The third kappa shape index (κ3) is 2.78. The van der Waals surface area contributed by atoms with Gasteiger partial charge < -0.3 is 19.1 Å². The number of ether oxygens (including phenoxy) is 3. The van der Waals surface area contributed by atoms with Crippen molar-refractivity contribution in [2.45, 2.75) is 43.4 Å². The molecule has 1 aromatic carbocycles. The van der Waals surface area contributed by atoms with Crippen LogP contribution in [0, 0.1) is 5.82 Å². The van der Waals surface area contributed by atoms with Crippen LogP contribution in [0.2, 0.25) is 0 Å². The van der Waals surface area contributed by atoms with Gasteiger partial charge in [-0.2, -0.15) is 0 Å². The first-order valence-corrected chi connectivity index (χ1v) is 8.27. The molecule has 1 aliphatic heterocycles. The number of likely N-dealkylation sites (tertiary alicyclic amines) is 1. The SMILES string of the molecule is COc1ccc(C(=O)N2CC[C@]3(OC)CC[C@H](OC)C[C@H]23)cc1F. The summed E-state index contributed by atoms with van der Waals surface area (Å²) in [6, 6.07) is 4.29. The van der Waals surface area contributed by atoms with Crippen molar-refractivity contribution in [3.05, 3.63) is 29.6 Å². The van der Waals surface area contributed by atoms with Crippen LogP contribution in [0.3, 0.4) is 0 Å². The van der Waals surface area contributed by atoms with Gasteiger partial charge in [-0.15, -0.1) is 0 Å². The largest absolute Gasteiger partial charge is 0.494 e. The first-order valence-electron chi connectivity index (χ1n) is 8.27. The molecule has 2 fully saturated rings. The fourth-order valence-electron chi connectivity index (χ4n) is 4.08. The molecule has 1 saturated heterocycles. The van der Waals surface area contributed by atoms with E-state index in [2.05, 4.69) is 0 Å². The summed E-state index contributed by atoms with van der Waals surface area (Å²) in [6.45, 7) is 0.613. The van der Waals surface area contributed by atoms with E-state index in [1.165, 1.54) is 19.2 Å². The lowest BCUT2D eigenvalue weighted by molar-refractivity contribution is -0.0893. The summed E-state index contributed by atoms with van der Waals surface area (Å²) in [5, 5.41) is 0. The van der Waals surface area contributed by atoms with Crippen LogP contribution >= 0.6 is 0 Å². The van der Waals surface area contributed by atoms with Crippen LogP contribution in [0.1, 0.15) is 36.0 Å². The number of halogens is 1. The maximum Gasteiger partial charge on any atom is 0.254 e. The van der Waals surface area contributed by atoms with E-state index in [1.807, 2.05) is 4.90 Å². The Labute approximate surface area is 141 Å². The van der Waals surface area contributed by atoms with Gasteiger partial charge in [0.2, 0.25) is 0 Å².